The molecule has 0 radical (unpaired) electrons. The van der Waals surface area contributed by atoms with Gasteiger partial charge in [-0.3, -0.25) is 4.79 Å². The van der Waals surface area contributed by atoms with Crippen molar-refractivity contribution in [1.29, 1.82) is 0 Å². The smallest absolute Gasteiger partial charge is 0.364 e. The number of benzene rings is 3. The molecule has 1 aromatic heterocycles. The Hall–Kier alpha value is -4.21. The van der Waals surface area contributed by atoms with Crippen LogP contribution in [0.2, 0.25) is 0 Å². The summed E-state index contributed by atoms with van der Waals surface area (Å²) in [6.45, 7) is 5.59. The summed E-state index contributed by atoms with van der Waals surface area (Å²) in [4.78, 5) is 25.9. The van der Waals surface area contributed by atoms with Gasteiger partial charge in [0.15, 0.2) is 11.4 Å². The molecular weight excluding hydrogens is 517 g/mol. The van der Waals surface area contributed by atoms with Gasteiger partial charge in [-0.25, -0.2) is 9.18 Å². The number of hydrogen-bond acceptors (Lipinski definition) is 7. The van der Waals surface area contributed by atoms with E-state index in [1.807, 2.05) is 13.8 Å². The van der Waals surface area contributed by atoms with Gasteiger partial charge in [0.25, 0.3) is 5.91 Å². The number of anilines is 1. The SMILES string of the molecule is CO[C@@H]1CC[C@H](Oc2ccc3c(O)c(NC(=O)c4cccc(-c5ccc(F)cc5)c4)c(=O)oc3c2C)OC1(C)C. The molecule has 3 aromatic carbocycles. The molecule has 0 aliphatic carbocycles. The first-order valence-corrected chi connectivity index (χ1v) is 12.9. The maximum Gasteiger partial charge on any atom is 0.364 e. The van der Waals surface area contributed by atoms with Crippen molar-refractivity contribution in [2.75, 3.05) is 12.4 Å². The fourth-order valence-electron chi connectivity index (χ4n) is 5.01. The lowest BCUT2D eigenvalue weighted by atomic mass is 9.94. The summed E-state index contributed by atoms with van der Waals surface area (Å²) in [5, 5.41) is 13.7. The van der Waals surface area contributed by atoms with E-state index in [1.54, 1.807) is 62.6 Å². The van der Waals surface area contributed by atoms with E-state index in [1.165, 1.54) is 12.1 Å². The molecule has 40 heavy (non-hydrogen) atoms. The normalized spacial score (nSPS) is 18.4. The predicted octanol–water partition coefficient (Wildman–Crippen LogP) is 6.17. The van der Waals surface area contributed by atoms with Crippen LogP contribution in [0.4, 0.5) is 10.1 Å². The van der Waals surface area contributed by atoms with Gasteiger partial charge in [0.2, 0.25) is 6.29 Å². The summed E-state index contributed by atoms with van der Waals surface area (Å²) >= 11 is 0. The summed E-state index contributed by atoms with van der Waals surface area (Å²) in [6.07, 6.45) is 0.787. The third-order valence-corrected chi connectivity index (χ3v) is 7.21. The number of carbonyl (C=O) groups excluding carboxylic acids is 1. The highest BCUT2D eigenvalue weighted by Crippen LogP contribution is 2.37. The number of hydrogen-bond donors (Lipinski definition) is 2. The van der Waals surface area contributed by atoms with Gasteiger partial charge in [-0.2, -0.15) is 0 Å². The molecule has 0 saturated carbocycles. The molecule has 1 amide bonds. The highest BCUT2D eigenvalue weighted by molar-refractivity contribution is 6.07. The van der Waals surface area contributed by atoms with Gasteiger partial charge in [-0.15, -0.1) is 0 Å². The van der Waals surface area contributed by atoms with E-state index in [-0.39, 0.29) is 34.1 Å². The van der Waals surface area contributed by atoms with E-state index in [4.69, 9.17) is 18.6 Å². The molecule has 8 nitrogen and oxygen atoms in total. The van der Waals surface area contributed by atoms with Crippen molar-refractivity contribution in [3.63, 3.8) is 0 Å². The summed E-state index contributed by atoms with van der Waals surface area (Å²) in [5.74, 6) is -0.950. The van der Waals surface area contributed by atoms with E-state index in [0.29, 0.717) is 23.3 Å². The number of carbonyl (C=O) groups is 1. The molecule has 4 aromatic rings. The molecule has 1 aliphatic rings. The molecule has 9 heteroatoms. The van der Waals surface area contributed by atoms with Crippen LogP contribution in [0.15, 0.2) is 69.9 Å². The lowest BCUT2D eigenvalue weighted by molar-refractivity contribution is -0.233. The Morgan fingerprint density at radius 3 is 2.52 bits per heavy atom. The second-order valence-electron chi connectivity index (χ2n) is 10.3. The third-order valence-electron chi connectivity index (χ3n) is 7.21. The number of aromatic hydroxyl groups is 1. The van der Waals surface area contributed by atoms with E-state index in [9.17, 15) is 19.1 Å². The van der Waals surface area contributed by atoms with E-state index < -0.39 is 29.2 Å². The Morgan fingerprint density at radius 2 is 1.82 bits per heavy atom. The van der Waals surface area contributed by atoms with Crippen molar-refractivity contribution in [3.8, 4) is 22.6 Å². The monoisotopic (exact) mass is 547 g/mol. The van der Waals surface area contributed by atoms with Crippen LogP contribution in [-0.2, 0) is 9.47 Å². The Balaban J connectivity index is 1.39. The van der Waals surface area contributed by atoms with Gasteiger partial charge in [0.1, 0.15) is 17.1 Å². The maximum atomic E-state index is 13.3. The summed E-state index contributed by atoms with van der Waals surface area (Å²) < 4.78 is 36.5. The molecule has 0 unspecified atom stereocenters. The van der Waals surface area contributed by atoms with Gasteiger partial charge >= 0.3 is 5.63 Å². The van der Waals surface area contributed by atoms with Crippen molar-refractivity contribution >= 4 is 22.6 Å². The predicted molar refractivity (Wildman–Crippen MR) is 148 cm³/mol. The minimum absolute atomic E-state index is 0.0564. The highest BCUT2D eigenvalue weighted by atomic mass is 19.1. The van der Waals surface area contributed by atoms with E-state index in [2.05, 4.69) is 5.32 Å². The standard InChI is InChI=1S/C31H30FNO7/c1-17-23(38-25-15-14-24(37-4)31(2,3)40-25)13-12-22-27(34)26(30(36)39-28(17)22)33-29(35)20-7-5-6-19(16-20)18-8-10-21(32)11-9-18/h5-13,16,24-25,34H,14-15H2,1-4H3,(H,33,35)/t24-,25-/m1/s1. The maximum absolute atomic E-state index is 13.3. The third kappa shape index (κ3) is 5.30. The first-order chi connectivity index (χ1) is 19.1. The van der Waals surface area contributed by atoms with Crippen LogP contribution in [-0.4, -0.2) is 36.1 Å². The van der Waals surface area contributed by atoms with E-state index >= 15 is 0 Å². The average molecular weight is 548 g/mol. The number of nitrogens with one attached hydrogen (secondary N) is 1. The Labute approximate surface area is 230 Å². The van der Waals surface area contributed by atoms with Crippen molar-refractivity contribution in [2.45, 2.75) is 51.6 Å². The molecular formula is C31H30FNO7. The van der Waals surface area contributed by atoms with Crippen LogP contribution in [0.25, 0.3) is 22.1 Å². The largest absolute Gasteiger partial charge is 0.505 e. The van der Waals surface area contributed by atoms with Gasteiger partial charge in [-0.05, 0) is 74.7 Å². The van der Waals surface area contributed by atoms with Gasteiger partial charge in [-0.1, -0.05) is 24.3 Å². The molecule has 0 bridgehead atoms. The first-order valence-electron chi connectivity index (χ1n) is 12.9. The number of halogens is 1. The first kappa shape index (κ1) is 27.4. The number of ether oxygens (including phenoxy) is 3. The van der Waals surface area contributed by atoms with Crippen LogP contribution in [0.1, 0.15) is 42.6 Å². The minimum atomic E-state index is -0.911. The minimum Gasteiger partial charge on any atom is -0.505 e. The van der Waals surface area contributed by atoms with E-state index in [0.717, 1.165) is 12.0 Å². The topological polar surface area (TPSA) is 107 Å². The Bertz CT molecular complexity index is 1630. The second kappa shape index (κ2) is 10.7. The average Bonchev–Trinajstić information content (AvgIpc) is 2.93. The molecule has 2 atom stereocenters. The zero-order valence-corrected chi connectivity index (χ0v) is 22.6. The Morgan fingerprint density at radius 1 is 1.07 bits per heavy atom. The molecule has 1 fully saturated rings. The summed E-state index contributed by atoms with van der Waals surface area (Å²) in [7, 11) is 1.65. The highest BCUT2D eigenvalue weighted by Gasteiger charge is 2.39. The fourth-order valence-corrected chi connectivity index (χ4v) is 5.01. The fraction of sp³-hybridized carbons (Fsp3) is 0.290. The number of methoxy groups -OCH3 is 1. The summed E-state index contributed by atoms with van der Waals surface area (Å²) in [6, 6.07) is 15.7. The van der Waals surface area contributed by atoms with Crippen molar-refractivity contribution in [1.82, 2.24) is 0 Å². The van der Waals surface area contributed by atoms with Crippen LogP contribution in [0, 0.1) is 12.7 Å². The lowest BCUT2D eigenvalue weighted by Gasteiger charge is -2.41. The number of amides is 1. The Kier molecular flexibility index (Phi) is 7.35. The van der Waals surface area contributed by atoms with Crippen LogP contribution < -0.4 is 15.7 Å². The molecule has 1 saturated heterocycles. The second-order valence-corrected chi connectivity index (χ2v) is 10.3. The number of fused-ring (bicyclic) bond motifs is 1. The lowest BCUT2D eigenvalue weighted by Crippen LogP contribution is -2.49. The number of aryl methyl sites for hydroxylation is 1. The van der Waals surface area contributed by atoms with Gasteiger partial charge in [0.05, 0.1) is 17.1 Å². The molecule has 0 spiro atoms. The molecule has 2 heterocycles. The quantitative estimate of drug-likeness (QED) is 0.278. The molecule has 208 valence electrons. The van der Waals surface area contributed by atoms with Crippen molar-refractivity contribution in [2.24, 2.45) is 0 Å². The van der Waals surface area contributed by atoms with Crippen LogP contribution >= 0.6 is 0 Å². The zero-order chi connectivity index (χ0) is 28.6. The zero-order valence-electron chi connectivity index (χ0n) is 22.6. The van der Waals surface area contributed by atoms with Gasteiger partial charge in [0, 0.05) is 24.7 Å². The summed E-state index contributed by atoms with van der Waals surface area (Å²) in [5.41, 5.74) is 0.468. The van der Waals surface area contributed by atoms with Crippen molar-refractivity contribution < 1.29 is 32.9 Å². The molecule has 2 N–H and O–H groups in total. The molecule has 1 aliphatic heterocycles. The van der Waals surface area contributed by atoms with Crippen LogP contribution in [0.3, 0.4) is 0 Å². The van der Waals surface area contributed by atoms with Crippen LogP contribution in [0.5, 0.6) is 11.5 Å². The number of rotatable bonds is 6. The van der Waals surface area contributed by atoms with Crippen molar-refractivity contribution in [3.05, 3.63) is 88.0 Å². The molecule has 5 rings (SSSR count). The van der Waals surface area contributed by atoms with Gasteiger partial charge < -0.3 is 29.1 Å².